The average molecular weight is 366 g/mol. The van der Waals surface area contributed by atoms with Crippen LogP contribution in [0, 0.1) is 6.92 Å². The van der Waals surface area contributed by atoms with Crippen molar-refractivity contribution in [3.8, 4) is 5.75 Å². The third-order valence-corrected chi connectivity index (χ3v) is 3.47. The van der Waals surface area contributed by atoms with E-state index >= 15 is 0 Å². The van der Waals surface area contributed by atoms with Crippen LogP contribution in [-0.2, 0) is 11.3 Å². The second kappa shape index (κ2) is 12.2. The number of aryl methyl sites for hydroxylation is 1. The van der Waals surface area contributed by atoms with Crippen LogP contribution in [-0.4, -0.2) is 13.1 Å². The first-order chi connectivity index (χ1) is 12.0. The third-order valence-electron chi connectivity index (χ3n) is 3.06. The Balaban J connectivity index is 0.00000134. The molecule has 25 heavy (non-hydrogen) atoms. The van der Waals surface area contributed by atoms with Crippen LogP contribution in [0.3, 0.4) is 0 Å². The molecule has 2 N–H and O–H groups in total. The van der Waals surface area contributed by atoms with E-state index in [9.17, 15) is 4.79 Å². The molecule has 0 fully saturated rings. The summed E-state index contributed by atoms with van der Waals surface area (Å²) >= 11 is 6.05. The van der Waals surface area contributed by atoms with Gasteiger partial charge in [-0.3, -0.25) is 0 Å². The van der Waals surface area contributed by atoms with Gasteiger partial charge in [0, 0.05) is 11.1 Å². The van der Waals surface area contributed by atoms with Crippen LogP contribution in [0.15, 0.2) is 36.4 Å². The van der Waals surface area contributed by atoms with Crippen molar-refractivity contribution in [2.45, 2.75) is 41.2 Å². The number of rotatable bonds is 4. The number of carbonyl (C=O) groups is 1. The Bertz CT molecular complexity index is 655. The Labute approximate surface area is 155 Å². The van der Waals surface area contributed by atoms with Crippen molar-refractivity contribution < 1.29 is 14.3 Å². The van der Waals surface area contributed by atoms with Gasteiger partial charge in [-0.05, 0) is 36.2 Å². The van der Waals surface area contributed by atoms with E-state index in [1.165, 1.54) is 7.11 Å². The fourth-order valence-corrected chi connectivity index (χ4v) is 1.98. The Morgan fingerprint density at radius 3 is 2.16 bits per heavy atom. The average Bonchev–Trinajstić information content (AvgIpc) is 2.66. The van der Waals surface area contributed by atoms with Crippen molar-refractivity contribution >= 4 is 23.3 Å². The van der Waals surface area contributed by atoms with Gasteiger partial charge in [0.05, 0.1) is 18.4 Å². The number of benzene rings is 2. The number of halogens is 1. The van der Waals surface area contributed by atoms with E-state index in [1.54, 1.807) is 36.4 Å². The van der Waals surface area contributed by atoms with E-state index in [0.29, 0.717) is 28.6 Å². The number of anilines is 1. The standard InChI is InChI=1S/C16H16ClNO3.2C2H6/c1-10-7-14(18)15(8-13(10)17)21-9-11-3-5-12(6-4-11)16(19)20-2;2*1-2/h3-8H,9,18H2,1-2H3;2*1-2H3. The van der Waals surface area contributed by atoms with Gasteiger partial charge in [-0.25, -0.2) is 4.79 Å². The number of nitrogens with two attached hydrogens (primary N) is 1. The van der Waals surface area contributed by atoms with Crippen LogP contribution in [0.25, 0.3) is 0 Å². The predicted octanol–water partition coefficient (Wildman–Crippen LogP) is 5.65. The molecule has 0 saturated carbocycles. The quantitative estimate of drug-likeness (QED) is 0.561. The zero-order valence-electron chi connectivity index (χ0n) is 15.9. The maximum atomic E-state index is 11.3. The zero-order valence-corrected chi connectivity index (χ0v) is 16.6. The number of methoxy groups -OCH3 is 1. The van der Waals surface area contributed by atoms with Gasteiger partial charge in [-0.2, -0.15) is 0 Å². The predicted molar refractivity (Wildman–Crippen MR) is 105 cm³/mol. The maximum Gasteiger partial charge on any atom is 0.337 e. The molecule has 0 heterocycles. The second-order valence-corrected chi connectivity index (χ2v) is 5.02. The molecule has 0 saturated heterocycles. The summed E-state index contributed by atoms with van der Waals surface area (Å²) in [6.07, 6.45) is 0. The summed E-state index contributed by atoms with van der Waals surface area (Å²) in [6.45, 7) is 10.2. The number of esters is 1. The van der Waals surface area contributed by atoms with E-state index < -0.39 is 0 Å². The number of ether oxygens (including phenoxy) is 2. The first-order valence-electron chi connectivity index (χ1n) is 8.37. The van der Waals surface area contributed by atoms with Crippen molar-refractivity contribution in [1.29, 1.82) is 0 Å². The van der Waals surface area contributed by atoms with E-state index in [4.69, 9.17) is 22.1 Å². The lowest BCUT2D eigenvalue weighted by molar-refractivity contribution is 0.0600. The topological polar surface area (TPSA) is 61.5 Å². The summed E-state index contributed by atoms with van der Waals surface area (Å²) in [5, 5.41) is 0.611. The first-order valence-corrected chi connectivity index (χ1v) is 8.74. The molecule has 4 nitrogen and oxygen atoms in total. The summed E-state index contributed by atoms with van der Waals surface area (Å²) in [6, 6.07) is 10.5. The summed E-state index contributed by atoms with van der Waals surface area (Å²) in [7, 11) is 1.35. The molecule has 0 atom stereocenters. The SMILES string of the molecule is CC.CC.COC(=O)c1ccc(COc2cc(Cl)c(C)cc2N)cc1. The van der Waals surface area contributed by atoms with E-state index in [2.05, 4.69) is 4.74 Å². The molecule has 0 spiro atoms. The minimum Gasteiger partial charge on any atom is -0.487 e. The molecule has 0 aliphatic carbocycles. The molecule has 5 heteroatoms. The van der Waals surface area contributed by atoms with E-state index in [-0.39, 0.29) is 5.97 Å². The van der Waals surface area contributed by atoms with E-state index in [0.717, 1.165) is 11.1 Å². The smallest absolute Gasteiger partial charge is 0.337 e. The summed E-state index contributed by atoms with van der Waals surface area (Å²) in [5.41, 5.74) is 8.76. The van der Waals surface area contributed by atoms with Gasteiger partial charge in [-0.15, -0.1) is 0 Å². The number of hydrogen-bond donors (Lipinski definition) is 1. The minimum atomic E-state index is -0.364. The van der Waals surface area contributed by atoms with Crippen LogP contribution >= 0.6 is 11.6 Å². The van der Waals surface area contributed by atoms with Crippen LogP contribution in [0.4, 0.5) is 5.69 Å². The first kappa shape index (κ1) is 22.8. The lowest BCUT2D eigenvalue weighted by Gasteiger charge is -2.11. The molecule has 0 aromatic heterocycles. The molecular weight excluding hydrogens is 338 g/mol. The van der Waals surface area contributed by atoms with Crippen molar-refractivity contribution in [2.75, 3.05) is 12.8 Å². The number of carbonyl (C=O) groups excluding carboxylic acids is 1. The largest absolute Gasteiger partial charge is 0.487 e. The third kappa shape index (κ3) is 7.06. The molecule has 2 aromatic carbocycles. The second-order valence-electron chi connectivity index (χ2n) is 4.62. The molecule has 2 rings (SSSR count). The van der Waals surface area contributed by atoms with Crippen LogP contribution in [0.2, 0.25) is 5.02 Å². The molecular formula is C20H28ClNO3. The fraction of sp³-hybridized carbons (Fsp3) is 0.350. The molecule has 0 bridgehead atoms. The van der Waals surface area contributed by atoms with Gasteiger partial charge in [0.2, 0.25) is 0 Å². The lowest BCUT2D eigenvalue weighted by Crippen LogP contribution is -2.02. The number of hydrogen-bond acceptors (Lipinski definition) is 4. The minimum absolute atomic E-state index is 0.338. The van der Waals surface area contributed by atoms with Crippen LogP contribution < -0.4 is 10.5 Å². The highest BCUT2D eigenvalue weighted by Gasteiger charge is 2.07. The highest BCUT2D eigenvalue weighted by molar-refractivity contribution is 6.31. The molecule has 0 aliphatic heterocycles. The van der Waals surface area contributed by atoms with Gasteiger partial charge in [0.1, 0.15) is 12.4 Å². The van der Waals surface area contributed by atoms with Crippen LogP contribution in [0.5, 0.6) is 5.75 Å². The van der Waals surface area contributed by atoms with Gasteiger partial charge in [0.15, 0.2) is 0 Å². The van der Waals surface area contributed by atoms with Crippen molar-refractivity contribution in [3.05, 3.63) is 58.1 Å². The van der Waals surface area contributed by atoms with Gasteiger partial charge in [-0.1, -0.05) is 51.4 Å². The van der Waals surface area contributed by atoms with Crippen molar-refractivity contribution in [3.63, 3.8) is 0 Å². The zero-order chi connectivity index (χ0) is 19.4. The number of nitrogen functional groups attached to an aromatic ring is 1. The lowest BCUT2D eigenvalue weighted by atomic mass is 10.1. The summed E-state index contributed by atoms with van der Waals surface area (Å²) < 4.78 is 10.3. The van der Waals surface area contributed by atoms with Gasteiger partial charge in [0.25, 0.3) is 0 Å². The highest BCUT2D eigenvalue weighted by Crippen LogP contribution is 2.29. The molecule has 0 radical (unpaired) electrons. The Morgan fingerprint density at radius 1 is 1.08 bits per heavy atom. The fourth-order valence-electron chi connectivity index (χ4n) is 1.83. The highest BCUT2D eigenvalue weighted by atomic mass is 35.5. The Kier molecular flexibility index (Phi) is 11.1. The van der Waals surface area contributed by atoms with E-state index in [1.807, 2.05) is 34.6 Å². The van der Waals surface area contributed by atoms with Gasteiger partial charge >= 0.3 is 5.97 Å². The van der Waals surface area contributed by atoms with Crippen molar-refractivity contribution in [2.24, 2.45) is 0 Å². The molecule has 0 unspecified atom stereocenters. The van der Waals surface area contributed by atoms with Gasteiger partial charge < -0.3 is 15.2 Å². The summed E-state index contributed by atoms with van der Waals surface area (Å²) in [4.78, 5) is 11.3. The van der Waals surface area contributed by atoms with Crippen LogP contribution in [0.1, 0.15) is 49.2 Å². The summed E-state index contributed by atoms with van der Waals surface area (Å²) in [5.74, 6) is 0.180. The maximum absolute atomic E-state index is 11.3. The molecule has 138 valence electrons. The Hall–Kier alpha value is -2.20. The normalized spacial score (nSPS) is 9.08. The Morgan fingerprint density at radius 2 is 1.64 bits per heavy atom. The molecule has 2 aromatic rings. The molecule has 0 aliphatic rings. The monoisotopic (exact) mass is 365 g/mol. The molecule has 0 amide bonds. The van der Waals surface area contributed by atoms with Crippen molar-refractivity contribution in [1.82, 2.24) is 0 Å².